The minimum Gasteiger partial charge on any atom is -0.467 e. The highest BCUT2D eigenvalue weighted by atomic mass is 16.8. The van der Waals surface area contributed by atoms with Crippen LogP contribution in [0, 0.1) is 0 Å². The van der Waals surface area contributed by atoms with Gasteiger partial charge in [-0.2, -0.15) is 0 Å². The SMILES string of the molecule is COC(=O)[C@@H]1O[C@H]2O[C@H]1[C@H](COCc1ccccc1)N(Cc1ccccc1)C2=O. The molecule has 2 aromatic carbocycles. The van der Waals surface area contributed by atoms with Crippen molar-refractivity contribution in [1.29, 1.82) is 0 Å². The summed E-state index contributed by atoms with van der Waals surface area (Å²) >= 11 is 0. The van der Waals surface area contributed by atoms with Gasteiger partial charge in [0, 0.05) is 6.54 Å². The van der Waals surface area contributed by atoms with Crippen molar-refractivity contribution in [3.63, 3.8) is 0 Å². The van der Waals surface area contributed by atoms with Gasteiger partial charge in [-0.1, -0.05) is 60.7 Å². The summed E-state index contributed by atoms with van der Waals surface area (Å²) in [5.74, 6) is -0.871. The van der Waals surface area contributed by atoms with Gasteiger partial charge in [0.05, 0.1) is 26.4 Å². The van der Waals surface area contributed by atoms with E-state index in [0.29, 0.717) is 13.2 Å². The number of hydrogen-bond acceptors (Lipinski definition) is 6. The fourth-order valence-electron chi connectivity index (χ4n) is 3.68. The summed E-state index contributed by atoms with van der Waals surface area (Å²) in [7, 11) is 1.29. The zero-order chi connectivity index (χ0) is 20.2. The first-order valence-electron chi connectivity index (χ1n) is 9.52. The largest absolute Gasteiger partial charge is 0.467 e. The molecule has 7 heteroatoms. The van der Waals surface area contributed by atoms with Crippen molar-refractivity contribution >= 4 is 11.9 Å². The zero-order valence-corrected chi connectivity index (χ0v) is 16.1. The van der Waals surface area contributed by atoms with Crippen molar-refractivity contribution in [3.05, 3.63) is 71.8 Å². The average molecular weight is 397 g/mol. The molecule has 4 rings (SSSR count). The van der Waals surface area contributed by atoms with Crippen LogP contribution in [0.25, 0.3) is 0 Å². The molecule has 2 aromatic rings. The molecule has 2 aliphatic heterocycles. The van der Waals surface area contributed by atoms with Gasteiger partial charge in [-0.3, -0.25) is 4.79 Å². The monoisotopic (exact) mass is 397 g/mol. The van der Waals surface area contributed by atoms with Crippen molar-refractivity contribution in [2.75, 3.05) is 13.7 Å². The van der Waals surface area contributed by atoms with Crippen LogP contribution in [-0.2, 0) is 41.7 Å². The van der Waals surface area contributed by atoms with E-state index in [-0.39, 0.29) is 12.5 Å². The Hall–Kier alpha value is -2.74. The predicted molar refractivity (Wildman–Crippen MR) is 102 cm³/mol. The van der Waals surface area contributed by atoms with Gasteiger partial charge in [0.1, 0.15) is 6.10 Å². The molecule has 2 heterocycles. The molecule has 1 amide bonds. The van der Waals surface area contributed by atoms with E-state index >= 15 is 0 Å². The van der Waals surface area contributed by atoms with Gasteiger partial charge in [0.2, 0.25) is 6.29 Å². The maximum Gasteiger partial charge on any atom is 0.337 e. The first-order valence-corrected chi connectivity index (χ1v) is 9.52. The third kappa shape index (κ3) is 4.17. The molecule has 0 radical (unpaired) electrons. The van der Waals surface area contributed by atoms with E-state index < -0.39 is 30.5 Å². The molecule has 0 saturated carbocycles. The molecule has 4 atom stereocenters. The number of esters is 1. The first-order chi connectivity index (χ1) is 14.2. The summed E-state index contributed by atoms with van der Waals surface area (Å²) in [6, 6.07) is 18.9. The Bertz CT molecular complexity index is 843. The fraction of sp³-hybridized carbons (Fsp3) is 0.364. The number of morpholine rings is 1. The molecule has 0 aromatic heterocycles. The standard InChI is InChI=1S/C22H23NO6/c1-26-21(25)19-18-17(14-27-13-16-10-6-3-7-11-16)23(20(24)22(28-18)29-19)12-15-8-4-2-5-9-15/h2-11,17-19,22H,12-14H2,1H3/t17-,18-,19+,22+/m0/s1. The number of methoxy groups -OCH3 is 1. The van der Waals surface area contributed by atoms with E-state index in [4.69, 9.17) is 18.9 Å². The quantitative estimate of drug-likeness (QED) is 0.665. The third-order valence-electron chi connectivity index (χ3n) is 5.14. The summed E-state index contributed by atoms with van der Waals surface area (Å²) in [5, 5.41) is 0. The Kier molecular flexibility index (Phi) is 5.89. The lowest BCUT2D eigenvalue weighted by Crippen LogP contribution is -2.58. The van der Waals surface area contributed by atoms with Gasteiger partial charge in [0.25, 0.3) is 5.91 Å². The number of fused-ring (bicyclic) bond motifs is 2. The molecular weight excluding hydrogens is 374 g/mol. The Morgan fingerprint density at radius 1 is 1.00 bits per heavy atom. The zero-order valence-electron chi connectivity index (χ0n) is 16.1. The van der Waals surface area contributed by atoms with Crippen molar-refractivity contribution in [3.8, 4) is 0 Å². The van der Waals surface area contributed by atoms with E-state index in [1.165, 1.54) is 7.11 Å². The number of carbonyl (C=O) groups excluding carboxylic acids is 2. The van der Waals surface area contributed by atoms with Gasteiger partial charge >= 0.3 is 5.97 Å². The summed E-state index contributed by atoms with van der Waals surface area (Å²) in [6.07, 6.45) is -2.71. The van der Waals surface area contributed by atoms with Crippen molar-refractivity contribution in [1.82, 2.24) is 4.90 Å². The highest BCUT2D eigenvalue weighted by Crippen LogP contribution is 2.33. The Morgan fingerprint density at radius 2 is 1.66 bits per heavy atom. The highest BCUT2D eigenvalue weighted by Gasteiger charge is 2.56. The lowest BCUT2D eigenvalue weighted by Gasteiger charge is -2.38. The molecule has 2 bridgehead atoms. The summed E-state index contributed by atoms with van der Waals surface area (Å²) in [6.45, 7) is 0.985. The molecule has 2 aliphatic rings. The number of carbonyl (C=O) groups is 2. The molecule has 0 unspecified atom stereocenters. The molecule has 2 saturated heterocycles. The predicted octanol–water partition coefficient (Wildman–Crippen LogP) is 1.90. The second-order valence-electron chi connectivity index (χ2n) is 7.03. The highest BCUT2D eigenvalue weighted by molar-refractivity contribution is 5.84. The maximum absolute atomic E-state index is 13.0. The number of nitrogens with zero attached hydrogens (tertiary/aromatic N) is 1. The Morgan fingerprint density at radius 3 is 2.31 bits per heavy atom. The van der Waals surface area contributed by atoms with E-state index in [1.807, 2.05) is 60.7 Å². The lowest BCUT2D eigenvalue weighted by atomic mass is 10.0. The van der Waals surface area contributed by atoms with E-state index in [1.54, 1.807) is 4.90 Å². The van der Waals surface area contributed by atoms with Crippen LogP contribution in [0.1, 0.15) is 11.1 Å². The van der Waals surface area contributed by atoms with Crippen LogP contribution in [0.2, 0.25) is 0 Å². The van der Waals surface area contributed by atoms with Crippen LogP contribution < -0.4 is 0 Å². The van der Waals surface area contributed by atoms with Crippen molar-refractivity contribution in [2.45, 2.75) is 37.7 Å². The minimum atomic E-state index is -1.10. The molecule has 0 aliphatic carbocycles. The van der Waals surface area contributed by atoms with Crippen molar-refractivity contribution in [2.24, 2.45) is 0 Å². The van der Waals surface area contributed by atoms with Crippen molar-refractivity contribution < 1.29 is 28.5 Å². The van der Waals surface area contributed by atoms with Gasteiger partial charge in [-0.25, -0.2) is 4.79 Å². The van der Waals surface area contributed by atoms with E-state index in [0.717, 1.165) is 11.1 Å². The Labute approximate surface area is 169 Å². The number of benzene rings is 2. The molecule has 2 fully saturated rings. The minimum absolute atomic E-state index is 0.210. The second kappa shape index (κ2) is 8.73. The molecular formula is C22H23NO6. The fourth-order valence-corrected chi connectivity index (χ4v) is 3.68. The van der Waals surface area contributed by atoms with Crippen LogP contribution in [0.3, 0.4) is 0 Å². The number of amides is 1. The van der Waals surface area contributed by atoms with Gasteiger partial charge in [-0.05, 0) is 11.1 Å². The van der Waals surface area contributed by atoms with Crippen LogP contribution in [0.15, 0.2) is 60.7 Å². The normalized spacial score (nSPS) is 25.8. The molecule has 7 nitrogen and oxygen atoms in total. The topological polar surface area (TPSA) is 74.3 Å². The number of hydrogen-bond donors (Lipinski definition) is 0. The van der Waals surface area contributed by atoms with E-state index in [2.05, 4.69) is 0 Å². The second-order valence-corrected chi connectivity index (χ2v) is 7.03. The third-order valence-corrected chi connectivity index (χ3v) is 5.14. The molecule has 152 valence electrons. The van der Waals surface area contributed by atoms with Crippen LogP contribution in [-0.4, -0.2) is 55.0 Å². The maximum atomic E-state index is 13.0. The summed E-state index contributed by atoms with van der Waals surface area (Å²) in [4.78, 5) is 26.8. The first kappa shape index (κ1) is 19.6. The van der Waals surface area contributed by atoms with Crippen LogP contribution in [0.5, 0.6) is 0 Å². The van der Waals surface area contributed by atoms with Gasteiger partial charge in [0.15, 0.2) is 6.10 Å². The van der Waals surface area contributed by atoms with Gasteiger partial charge in [-0.15, -0.1) is 0 Å². The van der Waals surface area contributed by atoms with Crippen LogP contribution in [0.4, 0.5) is 0 Å². The molecule has 0 spiro atoms. The smallest absolute Gasteiger partial charge is 0.337 e. The summed E-state index contributed by atoms with van der Waals surface area (Å²) in [5.41, 5.74) is 2.00. The molecule has 0 N–H and O–H groups in total. The summed E-state index contributed by atoms with van der Waals surface area (Å²) < 4.78 is 22.0. The molecule has 29 heavy (non-hydrogen) atoms. The van der Waals surface area contributed by atoms with Gasteiger partial charge < -0.3 is 23.8 Å². The average Bonchev–Trinajstić information content (AvgIpc) is 3.17. The van der Waals surface area contributed by atoms with Crippen LogP contribution >= 0.6 is 0 Å². The lowest BCUT2D eigenvalue weighted by molar-refractivity contribution is -0.183. The van der Waals surface area contributed by atoms with E-state index in [9.17, 15) is 9.59 Å². The number of rotatable bonds is 7. The Balaban J connectivity index is 1.54. The number of ether oxygens (including phenoxy) is 4.